The van der Waals surface area contributed by atoms with Gasteiger partial charge in [-0.15, -0.1) is 0 Å². The van der Waals surface area contributed by atoms with Crippen molar-refractivity contribution in [1.82, 2.24) is 0 Å². The number of aliphatic carboxylic acids is 2. The Balaban J connectivity index is 2.85. The largest absolute Gasteiger partial charge is 0.493 e. The Morgan fingerprint density at radius 1 is 0.960 bits per heavy atom. The summed E-state index contributed by atoms with van der Waals surface area (Å²) in [5.74, 6) is -3.10. The van der Waals surface area contributed by atoms with Crippen molar-refractivity contribution in [1.29, 1.82) is 0 Å². The predicted molar refractivity (Wildman–Crippen MR) is 97.4 cm³/mol. The summed E-state index contributed by atoms with van der Waals surface area (Å²) in [6.07, 6.45) is 6.84. The summed E-state index contributed by atoms with van der Waals surface area (Å²) in [5.41, 5.74) is 0.971. The van der Waals surface area contributed by atoms with Crippen LogP contribution in [0.15, 0.2) is 18.2 Å². The normalized spacial score (nSPS) is 13.2. The molecule has 0 amide bonds. The number of unbranched alkanes of at least 4 members (excludes halogenated alkanes) is 5. The van der Waals surface area contributed by atoms with Crippen LogP contribution >= 0.6 is 0 Å². The van der Waals surface area contributed by atoms with Crippen LogP contribution in [0.2, 0.25) is 0 Å². The molecule has 2 atom stereocenters. The molecule has 5 nitrogen and oxygen atoms in total. The fourth-order valence-corrected chi connectivity index (χ4v) is 2.85. The molecule has 2 N–H and O–H groups in total. The molecule has 0 aliphatic rings. The van der Waals surface area contributed by atoms with E-state index >= 15 is 0 Å². The quantitative estimate of drug-likeness (QED) is 0.529. The number of rotatable bonds is 12. The summed E-state index contributed by atoms with van der Waals surface area (Å²) in [6.45, 7) is 5.82. The topological polar surface area (TPSA) is 83.8 Å². The number of carboxylic acids is 2. The summed E-state index contributed by atoms with van der Waals surface area (Å²) < 4.78 is 5.83. The van der Waals surface area contributed by atoms with E-state index in [1.54, 1.807) is 32.0 Å². The van der Waals surface area contributed by atoms with Crippen molar-refractivity contribution >= 4 is 11.9 Å². The van der Waals surface area contributed by atoms with Crippen molar-refractivity contribution in [3.05, 3.63) is 29.3 Å². The van der Waals surface area contributed by atoms with Crippen LogP contribution in [0.25, 0.3) is 0 Å². The van der Waals surface area contributed by atoms with Crippen LogP contribution < -0.4 is 4.74 Å². The van der Waals surface area contributed by atoms with E-state index in [2.05, 4.69) is 6.92 Å². The van der Waals surface area contributed by atoms with Crippen LogP contribution in [0, 0.1) is 0 Å². The van der Waals surface area contributed by atoms with E-state index in [4.69, 9.17) is 4.74 Å². The molecule has 0 bridgehead atoms. The third-order valence-corrected chi connectivity index (χ3v) is 4.50. The zero-order valence-corrected chi connectivity index (χ0v) is 15.5. The molecule has 0 saturated heterocycles. The minimum absolute atomic E-state index is 0.468. The molecule has 0 heterocycles. The van der Waals surface area contributed by atoms with Crippen molar-refractivity contribution in [2.24, 2.45) is 0 Å². The van der Waals surface area contributed by atoms with Crippen LogP contribution in [0.3, 0.4) is 0 Å². The number of carbonyl (C=O) groups is 2. The van der Waals surface area contributed by atoms with E-state index in [-0.39, 0.29) is 0 Å². The zero-order valence-electron chi connectivity index (χ0n) is 15.5. The summed E-state index contributed by atoms with van der Waals surface area (Å²) in [4.78, 5) is 22.8. The summed E-state index contributed by atoms with van der Waals surface area (Å²) in [7, 11) is 0. The van der Waals surface area contributed by atoms with E-state index in [1.165, 1.54) is 25.7 Å². The lowest BCUT2D eigenvalue weighted by Crippen LogP contribution is -2.17. The van der Waals surface area contributed by atoms with Crippen LogP contribution in [0.1, 0.15) is 82.3 Å². The molecule has 140 valence electrons. The number of carboxylic acid groups (broad SMARTS) is 2. The first kappa shape index (κ1) is 21.0. The highest BCUT2D eigenvalue weighted by Gasteiger charge is 2.27. The number of hydrogen-bond donors (Lipinski definition) is 2. The fraction of sp³-hybridized carbons (Fsp3) is 0.600. The second-order valence-electron chi connectivity index (χ2n) is 6.50. The molecule has 5 heteroatoms. The summed E-state index contributed by atoms with van der Waals surface area (Å²) >= 11 is 0. The first-order valence-corrected chi connectivity index (χ1v) is 9.11. The molecule has 1 aromatic carbocycles. The highest BCUT2D eigenvalue weighted by Crippen LogP contribution is 2.35. The maximum absolute atomic E-state index is 11.5. The molecule has 0 aliphatic carbocycles. The molecule has 0 aliphatic heterocycles. The first-order valence-electron chi connectivity index (χ1n) is 9.11. The molecule has 0 saturated carbocycles. The zero-order chi connectivity index (χ0) is 18.8. The summed E-state index contributed by atoms with van der Waals surface area (Å²) in [6, 6.07) is 5.12. The molecule has 1 aromatic rings. The fourth-order valence-electron chi connectivity index (χ4n) is 2.85. The van der Waals surface area contributed by atoms with E-state index in [9.17, 15) is 19.8 Å². The Morgan fingerprint density at radius 2 is 1.56 bits per heavy atom. The maximum atomic E-state index is 11.5. The molecule has 0 spiro atoms. The molecular weight excluding hydrogens is 320 g/mol. The second-order valence-corrected chi connectivity index (χ2v) is 6.50. The third kappa shape index (κ3) is 6.40. The predicted octanol–water partition coefficient (Wildman–Crippen LogP) is 4.80. The van der Waals surface area contributed by atoms with Gasteiger partial charge in [0.05, 0.1) is 18.4 Å². The molecule has 1 rings (SSSR count). The van der Waals surface area contributed by atoms with Gasteiger partial charge in [0, 0.05) is 5.56 Å². The van der Waals surface area contributed by atoms with Crippen LogP contribution in [-0.2, 0) is 9.59 Å². The van der Waals surface area contributed by atoms with E-state index < -0.39 is 23.8 Å². The van der Waals surface area contributed by atoms with Gasteiger partial charge in [-0.2, -0.15) is 0 Å². The summed E-state index contributed by atoms with van der Waals surface area (Å²) in [5, 5.41) is 18.7. The van der Waals surface area contributed by atoms with E-state index in [0.717, 1.165) is 12.8 Å². The second kappa shape index (κ2) is 10.7. The first-order chi connectivity index (χ1) is 11.9. The highest BCUT2D eigenvalue weighted by molar-refractivity contribution is 5.81. The minimum atomic E-state index is -0.991. The van der Waals surface area contributed by atoms with Crippen molar-refractivity contribution < 1.29 is 24.5 Å². The third-order valence-electron chi connectivity index (χ3n) is 4.50. The lowest BCUT2D eigenvalue weighted by molar-refractivity contribution is -0.140. The standard InChI is InChI=1S/C20H30O5/c1-4-5-6-7-8-9-13-25-17-12-10-11-16(14(2)19(21)22)18(17)15(3)20(23)24/h10-12,14-15H,4-9,13H2,1-3H3,(H,21,22)(H,23,24). The van der Waals surface area contributed by atoms with Gasteiger partial charge >= 0.3 is 11.9 Å². The van der Waals surface area contributed by atoms with Gasteiger partial charge in [-0.3, -0.25) is 9.59 Å². The highest BCUT2D eigenvalue weighted by atomic mass is 16.5. The van der Waals surface area contributed by atoms with Gasteiger partial charge in [-0.1, -0.05) is 51.2 Å². The van der Waals surface area contributed by atoms with Gasteiger partial charge in [0.15, 0.2) is 0 Å². The molecule has 0 fully saturated rings. The van der Waals surface area contributed by atoms with Gasteiger partial charge in [0.1, 0.15) is 5.75 Å². The van der Waals surface area contributed by atoms with Crippen molar-refractivity contribution in [2.45, 2.75) is 71.1 Å². The Bertz CT molecular complexity index is 567. The van der Waals surface area contributed by atoms with Crippen LogP contribution in [-0.4, -0.2) is 28.8 Å². The van der Waals surface area contributed by atoms with Crippen LogP contribution in [0.5, 0.6) is 5.75 Å². The molecule has 2 unspecified atom stereocenters. The van der Waals surface area contributed by atoms with Crippen molar-refractivity contribution in [2.75, 3.05) is 6.61 Å². The molecule has 25 heavy (non-hydrogen) atoms. The smallest absolute Gasteiger partial charge is 0.310 e. The van der Waals surface area contributed by atoms with Gasteiger partial charge in [0.2, 0.25) is 0 Å². The van der Waals surface area contributed by atoms with Gasteiger partial charge in [-0.05, 0) is 31.9 Å². The van der Waals surface area contributed by atoms with Crippen molar-refractivity contribution in [3.8, 4) is 5.75 Å². The lowest BCUT2D eigenvalue weighted by Gasteiger charge is -2.20. The average molecular weight is 350 g/mol. The van der Waals surface area contributed by atoms with Crippen molar-refractivity contribution in [3.63, 3.8) is 0 Å². The number of ether oxygens (including phenoxy) is 1. The Kier molecular flexibility index (Phi) is 9.03. The number of benzene rings is 1. The van der Waals surface area contributed by atoms with Crippen LogP contribution in [0.4, 0.5) is 0 Å². The number of hydrogen-bond acceptors (Lipinski definition) is 3. The Morgan fingerprint density at radius 3 is 2.16 bits per heavy atom. The Hall–Kier alpha value is -2.04. The molecular formula is C20H30O5. The average Bonchev–Trinajstić information content (AvgIpc) is 2.59. The lowest BCUT2D eigenvalue weighted by atomic mass is 9.88. The Labute approximate surface area is 150 Å². The van der Waals surface area contributed by atoms with E-state index in [0.29, 0.717) is 23.5 Å². The molecule has 0 radical (unpaired) electrons. The van der Waals surface area contributed by atoms with Gasteiger partial charge < -0.3 is 14.9 Å². The van der Waals surface area contributed by atoms with E-state index in [1.807, 2.05) is 0 Å². The minimum Gasteiger partial charge on any atom is -0.493 e. The SMILES string of the molecule is CCCCCCCCOc1cccc(C(C)C(=O)O)c1C(C)C(=O)O. The van der Waals surface area contributed by atoms with Gasteiger partial charge in [-0.25, -0.2) is 0 Å². The van der Waals surface area contributed by atoms with Gasteiger partial charge in [0.25, 0.3) is 0 Å². The monoisotopic (exact) mass is 350 g/mol. The molecule has 0 aromatic heterocycles. The maximum Gasteiger partial charge on any atom is 0.310 e.